The Hall–Kier alpha value is -13.5. The van der Waals surface area contributed by atoms with Gasteiger partial charge in [-0.1, -0.05) is 264 Å². The number of carbonyl (C=O) groups excluding carboxylic acids is 2. The second-order valence-electron chi connectivity index (χ2n) is 28.9. The van der Waals surface area contributed by atoms with Gasteiger partial charge in [0.2, 0.25) is 0 Å². The van der Waals surface area contributed by atoms with Crippen molar-refractivity contribution in [1.29, 1.82) is 0 Å². The van der Waals surface area contributed by atoms with Crippen molar-refractivity contribution in [2.75, 3.05) is 4.90 Å². The maximum absolute atomic E-state index is 19.0. The first kappa shape index (κ1) is 59.2. The van der Waals surface area contributed by atoms with E-state index in [9.17, 15) is 0 Å². The summed E-state index contributed by atoms with van der Waals surface area (Å²) >= 11 is 0. The van der Waals surface area contributed by atoms with E-state index >= 15 is 9.59 Å². The van der Waals surface area contributed by atoms with Gasteiger partial charge in [-0.25, -0.2) is 4.90 Å². The normalized spacial score (nSPS) is 13.0. The van der Waals surface area contributed by atoms with Crippen molar-refractivity contribution >= 4 is 159 Å². The molecule has 0 fully saturated rings. The Morgan fingerprint density at radius 1 is 0.190 bits per heavy atom. The van der Waals surface area contributed by atoms with Crippen LogP contribution in [-0.2, 0) is 0 Å². The van der Waals surface area contributed by atoms with Crippen molar-refractivity contribution in [3.63, 3.8) is 0 Å². The molecule has 7 heterocycles. The van der Waals surface area contributed by atoms with E-state index in [1.165, 1.54) is 0 Å². The van der Waals surface area contributed by atoms with Crippen LogP contribution in [-0.4, -0.2) is 39.2 Å². The SMILES string of the molecule is CC(C)c1cccc(C(C)C)c1N1C(=O)c2c(-n3c4ccccc4c4ccccc43)c(-n3c4ccccc4c4ccccc43)c(-n3c4ccccc4c4ccccc43)c3c(-n4c5ccccc5c5ccccc54)c(-n4c5ccccc5c5ccccc54)c(-n4c5ccccc5c5ccccc54)c(c23)C1=O. The average molecular weight is 1350 g/mol. The summed E-state index contributed by atoms with van der Waals surface area (Å²) in [6.45, 7) is 8.72. The molecule has 0 spiro atoms. The number of para-hydroxylation sites is 13. The molecule has 0 atom stereocenters. The van der Waals surface area contributed by atoms with Crippen molar-refractivity contribution in [3.05, 3.63) is 332 Å². The first-order valence-electron chi connectivity index (χ1n) is 36.4. The van der Waals surface area contributed by atoms with Crippen LogP contribution in [0.4, 0.5) is 5.69 Å². The third kappa shape index (κ3) is 7.85. The Morgan fingerprint density at radius 3 is 0.571 bits per heavy atom. The number of imide groups is 1. The molecule has 0 aliphatic carbocycles. The third-order valence-electron chi connectivity index (χ3n) is 22.8. The molecule has 496 valence electrons. The van der Waals surface area contributed by atoms with Crippen LogP contribution in [0.15, 0.2) is 309 Å². The number of aromatic nitrogens is 6. The second-order valence-corrected chi connectivity index (χ2v) is 28.9. The van der Waals surface area contributed by atoms with Gasteiger partial charge in [-0.2, -0.15) is 0 Å². The molecule has 1 aliphatic heterocycles. The van der Waals surface area contributed by atoms with Crippen molar-refractivity contribution in [2.45, 2.75) is 39.5 Å². The topological polar surface area (TPSA) is 67.0 Å². The average Bonchev–Trinajstić information content (AvgIpc) is 1.64. The molecular formula is C96H65N7O2. The number of hydrogen-bond donors (Lipinski definition) is 0. The number of rotatable bonds is 9. The largest absolute Gasteiger partial charge is 0.306 e. The standard InChI is InChI=1S/C96H65N7O2/c1-56(2)58-42-29-43-59(57(3)4)88(58)103-95(104)86-84-85(89(97-72-44-17-5-30-60(72)61-31-6-18-45-73(61)97)93(101-80-52-25-13-38-68(80)69-39-14-26-53-81(69)101)91(86)99-76-48-21-9-34-64(76)65-35-10-22-49-77(65)99)90(98-74-46-19-7-32-62(74)63-33-8-20-47-75(63)98)94(102-82-54-27-15-40-70(82)71-41-16-28-55-83(71)102)92(87(84)96(103)105)100-78-50-23-11-36-66(78)67-37-12-24-51-79(67)100/h5-57H,1-4H3. The third-order valence-corrected chi connectivity index (χ3v) is 22.8. The molecule has 1 aliphatic rings. The Balaban J connectivity index is 1.16. The Morgan fingerprint density at radius 2 is 0.371 bits per heavy atom. The zero-order valence-electron chi connectivity index (χ0n) is 58.0. The molecule has 0 saturated carbocycles. The van der Waals surface area contributed by atoms with Crippen LogP contribution >= 0.6 is 0 Å². The van der Waals surface area contributed by atoms with Gasteiger partial charge >= 0.3 is 0 Å². The summed E-state index contributed by atoms with van der Waals surface area (Å²) in [6.07, 6.45) is 0. The number of anilines is 1. The highest BCUT2D eigenvalue weighted by atomic mass is 16.2. The van der Waals surface area contributed by atoms with Crippen LogP contribution < -0.4 is 4.90 Å². The lowest BCUT2D eigenvalue weighted by Gasteiger charge is -2.38. The van der Waals surface area contributed by atoms with Crippen LogP contribution in [0, 0.1) is 0 Å². The Kier molecular flexibility index (Phi) is 12.4. The molecule has 0 unspecified atom stereocenters. The lowest BCUT2D eigenvalue weighted by atomic mass is 9.84. The van der Waals surface area contributed by atoms with Gasteiger partial charge in [0, 0.05) is 75.4 Å². The summed E-state index contributed by atoms with van der Waals surface area (Å²) in [5.74, 6) is -1.09. The summed E-state index contributed by atoms with van der Waals surface area (Å²) in [5.41, 5.74) is 18.7. The Labute approximate surface area is 602 Å². The van der Waals surface area contributed by atoms with Gasteiger partial charge < -0.3 is 27.4 Å². The number of carbonyl (C=O) groups is 2. The molecule has 21 aromatic rings. The minimum atomic E-state index is -0.425. The summed E-state index contributed by atoms with van der Waals surface area (Å²) < 4.78 is 14.7. The molecule has 105 heavy (non-hydrogen) atoms. The van der Waals surface area contributed by atoms with E-state index in [0.717, 1.165) is 165 Å². The van der Waals surface area contributed by atoms with Gasteiger partial charge in [-0.05, 0) is 95.8 Å². The first-order valence-corrected chi connectivity index (χ1v) is 36.4. The molecule has 6 aromatic heterocycles. The second kappa shape index (κ2) is 22.0. The quantitative estimate of drug-likeness (QED) is 0.135. The van der Waals surface area contributed by atoms with Gasteiger partial charge in [0.1, 0.15) is 0 Å². The Bertz CT molecular complexity index is 6670. The number of amides is 2. The fourth-order valence-corrected chi connectivity index (χ4v) is 18.6. The zero-order valence-corrected chi connectivity index (χ0v) is 58.0. The predicted octanol–water partition coefficient (Wildman–Crippen LogP) is 24.5. The van der Waals surface area contributed by atoms with E-state index in [2.05, 4.69) is 364 Å². The lowest BCUT2D eigenvalue weighted by Crippen LogP contribution is -2.43. The van der Waals surface area contributed by atoms with Crippen LogP contribution in [0.3, 0.4) is 0 Å². The summed E-state index contributed by atoms with van der Waals surface area (Å²) in [4.78, 5) is 39.6. The molecule has 2 amide bonds. The van der Waals surface area contributed by atoms with Gasteiger partial charge in [0.25, 0.3) is 11.8 Å². The zero-order chi connectivity index (χ0) is 69.8. The molecule has 9 heteroatoms. The van der Waals surface area contributed by atoms with Gasteiger partial charge in [-0.15, -0.1) is 0 Å². The first-order chi connectivity index (χ1) is 51.7. The van der Waals surface area contributed by atoms with E-state index in [1.807, 2.05) is 0 Å². The molecule has 15 aromatic carbocycles. The minimum absolute atomic E-state index is 0.119. The van der Waals surface area contributed by atoms with Gasteiger partial charge in [0.05, 0.1) is 117 Å². The molecular weight excluding hydrogens is 1280 g/mol. The van der Waals surface area contributed by atoms with E-state index in [4.69, 9.17) is 0 Å². The lowest BCUT2D eigenvalue weighted by molar-refractivity contribution is 0.0893. The van der Waals surface area contributed by atoms with Crippen molar-refractivity contribution in [1.82, 2.24) is 27.4 Å². The number of fused-ring (bicyclic) bond motifs is 18. The van der Waals surface area contributed by atoms with E-state index in [1.54, 1.807) is 4.90 Å². The monoisotopic (exact) mass is 1350 g/mol. The number of hydrogen-bond acceptors (Lipinski definition) is 2. The fraction of sp³-hybridized carbons (Fsp3) is 0.0625. The molecule has 0 radical (unpaired) electrons. The van der Waals surface area contributed by atoms with Crippen LogP contribution in [0.25, 0.3) is 176 Å². The molecule has 0 bridgehead atoms. The van der Waals surface area contributed by atoms with Crippen LogP contribution in [0.2, 0.25) is 0 Å². The summed E-state index contributed by atoms with van der Waals surface area (Å²) in [6, 6.07) is 111. The van der Waals surface area contributed by atoms with E-state index in [-0.39, 0.29) is 11.8 Å². The van der Waals surface area contributed by atoms with Crippen molar-refractivity contribution < 1.29 is 9.59 Å². The number of nitrogens with zero attached hydrogens (tertiary/aromatic N) is 7. The molecule has 0 saturated heterocycles. The molecule has 9 nitrogen and oxygen atoms in total. The van der Waals surface area contributed by atoms with Crippen molar-refractivity contribution in [2.24, 2.45) is 0 Å². The summed E-state index contributed by atoms with van der Waals surface area (Å²) in [5, 5.41) is 13.7. The highest BCUT2D eigenvalue weighted by Crippen LogP contribution is 2.57. The van der Waals surface area contributed by atoms with Crippen molar-refractivity contribution in [3.8, 4) is 34.1 Å². The molecule has 0 N–H and O–H groups in total. The minimum Gasteiger partial charge on any atom is -0.306 e. The maximum Gasteiger partial charge on any atom is 0.268 e. The highest BCUT2D eigenvalue weighted by Gasteiger charge is 2.47. The van der Waals surface area contributed by atoms with Gasteiger partial charge in [-0.3, -0.25) is 9.59 Å². The fourth-order valence-electron chi connectivity index (χ4n) is 18.6. The maximum atomic E-state index is 19.0. The predicted molar refractivity (Wildman–Crippen MR) is 436 cm³/mol. The number of benzene rings is 15. The van der Waals surface area contributed by atoms with E-state index < -0.39 is 11.8 Å². The molecule has 22 rings (SSSR count). The highest BCUT2D eigenvalue weighted by molar-refractivity contribution is 6.42. The smallest absolute Gasteiger partial charge is 0.268 e. The summed E-state index contributed by atoms with van der Waals surface area (Å²) in [7, 11) is 0. The van der Waals surface area contributed by atoms with Crippen LogP contribution in [0.5, 0.6) is 0 Å². The van der Waals surface area contributed by atoms with Gasteiger partial charge in [0.15, 0.2) is 0 Å². The van der Waals surface area contributed by atoms with E-state index in [0.29, 0.717) is 39.0 Å². The van der Waals surface area contributed by atoms with Crippen LogP contribution in [0.1, 0.15) is 71.4 Å².